The number of anilines is 1. The number of nitrogens with zero attached hydrogens (tertiary/aromatic N) is 3. The van der Waals surface area contributed by atoms with E-state index < -0.39 is 0 Å². The van der Waals surface area contributed by atoms with E-state index in [4.69, 9.17) is 25.7 Å². The molecule has 0 atom stereocenters. The van der Waals surface area contributed by atoms with Crippen molar-refractivity contribution < 1.29 is 13.9 Å². The third-order valence-electron chi connectivity index (χ3n) is 6.56. The topological polar surface area (TPSA) is 98.7 Å². The van der Waals surface area contributed by atoms with Crippen LogP contribution in [0, 0.1) is 14.1 Å². The lowest BCUT2D eigenvalue weighted by atomic mass is 10.2. The summed E-state index contributed by atoms with van der Waals surface area (Å²) in [6.45, 7) is 1.79. The van der Waals surface area contributed by atoms with E-state index in [1.54, 1.807) is 48.7 Å². The summed E-state index contributed by atoms with van der Waals surface area (Å²) < 4.78 is 14.7. The van der Waals surface area contributed by atoms with Crippen molar-refractivity contribution in [2.75, 3.05) is 11.9 Å². The number of rotatable bonds is 7. The fourth-order valence-corrected chi connectivity index (χ4v) is 6.78. The Hall–Kier alpha value is -3.75. The zero-order chi connectivity index (χ0) is 30.1. The van der Waals surface area contributed by atoms with Gasteiger partial charge in [0.2, 0.25) is 5.82 Å². The van der Waals surface area contributed by atoms with Crippen molar-refractivity contribution in [2.24, 2.45) is 5.10 Å². The summed E-state index contributed by atoms with van der Waals surface area (Å²) in [4.78, 5) is 30.8. The molecule has 6 aromatic rings. The van der Waals surface area contributed by atoms with Crippen LogP contribution < -0.4 is 15.6 Å². The van der Waals surface area contributed by atoms with Crippen molar-refractivity contribution in [1.82, 2.24) is 9.66 Å². The van der Waals surface area contributed by atoms with Crippen LogP contribution in [0.2, 0.25) is 5.02 Å². The first-order valence-electron chi connectivity index (χ1n) is 13.0. The second-order valence-electron chi connectivity index (χ2n) is 9.57. The molecule has 8 nitrogen and oxygen atoms in total. The highest BCUT2D eigenvalue weighted by Gasteiger charge is 2.17. The number of nitrogens with one attached hydrogen (secondary N) is 1. The SMILES string of the molecule is Cc1ccccc1NC(=O)COc1c(I)cc(C=Nn2c(-c3cc4cc(Cl)ccc4o3)nc3ccccc3c2=O)cc1I. The van der Waals surface area contributed by atoms with Gasteiger partial charge in [-0.05, 0) is 118 Å². The Kier molecular flexibility index (Phi) is 8.50. The van der Waals surface area contributed by atoms with Gasteiger partial charge in [-0.2, -0.15) is 9.78 Å². The molecule has 0 bridgehead atoms. The minimum atomic E-state index is -0.334. The lowest BCUT2D eigenvalue weighted by Gasteiger charge is -2.12. The number of para-hydroxylation sites is 2. The number of hydrogen-bond acceptors (Lipinski definition) is 6. The summed E-state index contributed by atoms with van der Waals surface area (Å²) in [5.74, 6) is 0.977. The molecule has 0 unspecified atom stereocenters. The first-order chi connectivity index (χ1) is 20.8. The van der Waals surface area contributed by atoms with Crippen LogP contribution in [-0.4, -0.2) is 28.4 Å². The summed E-state index contributed by atoms with van der Waals surface area (Å²) in [6.07, 6.45) is 1.58. The van der Waals surface area contributed by atoms with E-state index in [1.165, 1.54) is 4.68 Å². The third kappa shape index (κ3) is 6.31. The summed E-state index contributed by atoms with van der Waals surface area (Å²) >= 11 is 10.5. The molecule has 0 saturated heterocycles. The molecule has 0 saturated carbocycles. The van der Waals surface area contributed by atoms with Crippen molar-refractivity contribution in [2.45, 2.75) is 6.92 Å². The first kappa shape index (κ1) is 29.3. The van der Waals surface area contributed by atoms with Crippen LogP contribution in [-0.2, 0) is 4.79 Å². The van der Waals surface area contributed by atoms with Gasteiger partial charge < -0.3 is 14.5 Å². The van der Waals surface area contributed by atoms with E-state index in [9.17, 15) is 9.59 Å². The summed E-state index contributed by atoms with van der Waals surface area (Å²) in [6, 6.07) is 25.5. The van der Waals surface area contributed by atoms with Crippen LogP contribution in [0.4, 0.5) is 5.69 Å². The molecule has 0 aliphatic rings. The number of amides is 1. The molecular weight excluding hydrogens is 794 g/mol. The summed E-state index contributed by atoms with van der Waals surface area (Å²) in [5, 5.41) is 9.21. The Labute approximate surface area is 278 Å². The molecule has 1 amide bonds. The van der Waals surface area contributed by atoms with Gasteiger partial charge >= 0.3 is 0 Å². The highest BCUT2D eigenvalue weighted by atomic mass is 127. The van der Waals surface area contributed by atoms with E-state index >= 15 is 0 Å². The number of benzene rings is 4. The maximum atomic E-state index is 13.6. The molecule has 1 N–H and O–H groups in total. The highest BCUT2D eigenvalue weighted by molar-refractivity contribution is 14.1. The average molecular weight is 815 g/mol. The monoisotopic (exact) mass is 814 g/mol. The minimum Gasteiger partial charge on any atom is -0.482 e. The van der Waals surface area contributed by atoms with Crippen molar-refractivity contribution in [3.05, 3.63) is 119 Å². The lowest BCUT2D eigenvalue weighted by molar-refractivity contribution is -0.118. The van der Waals surface area contributed by atoms with E-state index in [-0.39, 0.29) is 23.9 Å². The normalized spacial score (nSPS) is 11.4. The Morgan fingerprint density at radius 1 is 1.05 bits per heavy atom. The van der Waals surface area contributed by atoms with Crippen molar-refractivity contribution >= 4 is 96.5 Å². The number of fused-ring (bicyclic) bond motifs is 2. The third-order valence-corrected chi connectivity index (χ3v) is 8.40. The van der Waals surface area contributed by atoms with Crippen LogP contribution in [0.5, 0.6) is 5.75 Å². The van der Waals surface area contributed by atoms with Gasteiger partial charge in [-0.25, -0.2) is 4.98 Å². The van der Waals surface area contributed by atoms with Gasteiger partial charge in [-0.15, -0.1) is 0 Å². The van der Waals surface area contributed by atoms with E-state index in [2.05, 4.69) is 55.6 Å². The molecule has 43 heavy (non-hydrogen) atoms. The largest absolute Gasteiger partial charge is 0.482 e. The Bertz CT molecular complexity index is 2100. The number of carbonyl (C=O) groups is 1. The molecule has 0 aliphatic heterocycles. The molecular formula is C32H21ClI2N4O4. The lowest BCUT2D eigenvalue weighted by Crippen LogP contribution is -2.21. The Morgan fingerprint density at radius 3 is 2.58 bits per heavy atom. The van der Waals surface area contributed by atoms with Crippen molar-refractivity contribution in [3.8, 4) is 17.3 Å². The maximum absolute atomic E-state index is 13.6. The maximum Gasteiger partial charge on any atom is 0.282 e. The molecule has 2 aromatic heterocycles. The molecule has 2 heterocycles. The van der Waals surface area contributed by atoms with Gasteiger partial charge in [0.15, 0.2) is 12.4 Å². The van der Waals surface area contributed by atoms with Crippen molar-refractivity contribution in [3.63, 3.8) is 0 Å². The van der Waals surface area contributed by atoms with Gasteiger partial charge in [-0.1, -0.05) is 41.9 Å². The van der Waals surface area contributed by atoms with Gasteiger partial charge in [0.05, 0.1) is 24.3 Å². The molecule has 4 aromatic carbocycles. The predicted octanol–water partition coefficient (Wildman–Crippen LogP) is 7.88. The number of aromatic nitrogens is 2. The predicted molar refractivity (Wildman–Crippen MR) is 186 cm³/mol. The van der Waals surface area contributed by atoms with Crippen LogP contribution in [0.1, 0.15) is 11.1 Å². The second kappa shape index (κ2) is 12.5. The van der Waals surface area contributed by atoms with Crippen LogP contribution in [0.15, 0.2) is 99.2 Å². The quantitative estimate of drug-likeness (QED) is 0.131. The molecule has 0 radical (unpaired) electrons. The summed E-state index contributed by atoms with van der Waals surface area (Å²) in [5.41, 5.74) is 3.26. The zero-order valence-electron chi connectivity index (χ0n) is 22.5. The number of aryl methyl sites for hydroxylation is 1. The zero-order valence-corrected chi connectivity index (χ0v) is 27.5. The van der Waals surface area contributed by atoms with Gasteiger partial charge in [0.25, 0.3) is 11.5 Å². The molecule has 214 valence electrons. The fraction of sp³-hybridized carbons (Fsp3) is 0.0625. The number of carbonyl (C=O) groups excluding carboxylic acids is 1. The number of hydrogen-bond donors (Lipinski definition) is 1. The molecule has 0 fully saturated rings. The smallest absolute Gasteiger partial charge is 0.282 e. The highest BCUT2D eigenvalue weighted by Crippen LogP contribution is 2.30. The molecule has 0 spiro atoms. The average Bonchev–Trinajstić information content (AvgIpc) is 3.40. The number of halogens is 3. The number of furan rings is 1. The summed E-state index contributed by atoms with van der Waals surface area (Å²) in [7, 11) is 0. The van der Waals surface area contributed by atoms with Gasteiger partial charge in [0, 0.05) is 16.1 Å². The fourth-order valence-electron chi connectivity index (χ4n) is 4.47. The number of ether oxygens (including phenoxy) is 1. The minimum absolute atomic E-state index is 0.141. The molecule has 11 heteroatoms. The van der Waals surface area contributed by atoms with Gasteiger partial charge in [-0.3, -0.25) is 9.59 Å². The van der Waals surface area contributed by atoms with E-state index in [0.717, 1.165) is 29.3 Å². The Balaban J connectivity index is 1.30. The van der Waals surface area contributed by atoms with E-state index in [1.807, 2.05) is 49.4 Å². The first-order valence-corrected chi connectivity index (χ1v) is 15.5. The van der Waals surface area contributed by atoms with Crippen LogP contribution in [0.25, 0.3) is 33.5 Å². The molecule has 6 rings (SSSR count). The van der Waals surface area contributed by atoms with Crippen molar-refractivity contribution in [1.29, 1.82) is 0 Å². The van der Waals surface area contributed by atoms with Crippen LogP contribution >= 0.6 is 56.8 Å². The van der Waals surface area contributed by atoms with Gasteiger partial charge in [0.1, 0.15) is 11.3 Å². The molecule has 0 aliphatic carbocycles. The van der Waals surface area contributed by atoms with Crippen LogP contribution in [0.3, 0.4) is 0 Å². The standard InChI is InChI=1S/C32H21ClI2N4O4/c1-18-6-2-4-8-25(18)37-29(40)17-42-30-23(34)12-19(13-24(30)35)16-36-39-31(38-26-9-5-3-7-22(26)32(39)41)28-15-20-14-21(33)10-11-27(20)43-28/h2-16H,17H2,1H3,(H,37,40). The Morgan fingerprint density at radius 2 is 1.79 bits per heavy atom. The second-order valence-corrected chi connectivity index (χ2v) is 12.3. The van der Waals surface area contributed by atoms with E-state index in [0.29, 0.717) is 33.0 Å².